The van der Waals surface area contributed by atoms with Crippen LogP contribution in [0.25, 0.3) is 5.57 Å². The summed E-state index contributed by atoms with van der Waals surface area (Å²) in [6, 6.07) is 13.0. The summed E-state index contributed by atoms with van der Waals surface area (Å²) in [7, 11) is 0. The number of ketones is 3. The molecule has 0 spiro atoms. The fraction of sp³-hybridized carbons (Fsp3) is 0.514. The summed E-state index contributed by atoms with van der Waals surface area (Å²) in [5, 5.41) is 0. The maximum atomic E-state index is 13.9. The molecule has 4 rings (SSSR count). The number of benzene rings is 2. The minimum atomic E-state index is -0.410. The van der Waals surface area contributed by atoms with Gasteiger partial charge in [-0.3, -0.25) is 14.4 Å². The molecule has 1 atom stereocenters. The quantitative estimate of drug-likeness (QED) is 0.238. The van der Waals surface area contributed by atoms with E-state index in [2.05, 4.69) is 58.0 Å². The number of aryl methyl sites for hydroxylation is 2. The molecular weight excluding hydrogens is 468 g/mol. The van der Waals surface area contributed by atoms with E-state index in [-0.39, 0.29) is 34.7 Å². The molecule has 38 heavy (non-hydrogen) atoms. The van der Waals surface area contributed by atoms with Gasteiger partial charge in [-0.05, 0) is 85.6 Å². The van der Waals surface area contributed by atoms with Crippen molar-refractivity contribution in [3.8, 4) is 0 Å². The molecule has 202 valence electrons. The number of carbonyl (C=O) groups excluding carboxylic acids is 3. The predicted octanol–water partition coefficient (Wildman–Crippen LogP) is 8.25. The van der Waals surface area contributed by atoms with E-state index in [1.807, 2.05) is 12.1 Å². The maximum absolute atomic E-state index is 13.9. The van der Waals surface area contributed by atoms with Gasteiger partial charge in [0.25, 0.3) is 0 Å². The standard InChI is InChI=1S/C35H44O3/c1-7-9-27-19-31(34(38)32(36)22(3)4)30-20-29(25(8-2)18-28(27)30)33(37)26-14-16-35(6,17-15-26)21-24-12-10-23(5)11-13-24/h10-13,18-20,22,26-27H,7-9,14-17,21H2,1-6H3. The molecule has 3 nitrogen and oxygen atoms in total. The minimum Gasteiger partial charge on any atom is -0.294 e. The smallest absolute Gasteiger partial charge is 0.229 e. The molecular formula is C35H44O3. The van der Waals surface area contributed by atoms with Crippen molar-refractivity contribution < 1.29 is 14.4 Å². The third-order valence-electron chi connectivity index (χ3n) is 8.89. The topological polar surface area (TPSA) is 51.2 Å². The average Bonchev–Trinajstić information content (AvgIpc) is 3.25. The molecule has 1 fully saturated rings. The van der Waals surface area contributed by atoms with E-state index in [0.29, 0.717) is 5.57 Å². The van der Waals surface area contributed by atoms with Gasteiger partial charge in [0.1, 0.15) is 0 Å². The normalized spacial score (nSPS) is 22.8. The van der Waals surface area contributed by atoms with Gasteiger partial charge in [0.2, 0.25) is 11.6 Å². The highest BCUT2D eigenvalue weighted by molar-refractivity contribution is 6.54. The number of rotatable bonds is 10. The fourth-order valence-corrected chi connectivity index (χ4v) is 6.42. The van der Waals surface area contributed by atoms with Crippen molar-refractivity contribution in [2.75, 3.05) is 0 Å². The zero-order valence-corrected chi connectivity index (χ0v) is 24.2. The lowest BCUT2D eigenvalue weighted by molar-refractivity contribution is -0.135. The first-order valence-corrected chi connectivity index (χ1v) is 14.6. The Kier molecular flexibility index (Phi) is 8.55. The summed E-state index contributed by atoms with van der Waals surface area (Å²) >= 11 is 0. The first kappa shape index (κ1) is 28.2. The van der Waals surface area contributed by atoms with Crippen LogP contribution in [-0.4, -0.2) is 17.3 Å². The van der Waals surface area contributed by atoms with E-state index in [1.165, 1.54) is 11.1 Å². The van der Waals surface area contributed by atoms with E-state index in [4.69, 9.17) is 0 Å². The molecule has 2 aromatic rings. The van der Waals surface area contributed by atoms with Gasteiger partial charge in [0.05, 0.1) is 0 Å². The van der Waals surface area contributed by atoms with E-state index in [1.54, 1.807) is 13.8 Å². The Morgan fingerprint density at radius 1 is 1.00 bits per heavy atom. The Morgan fingerprint density at radius 3 is 2.24 bits per heavy atom. The molecule has 2 aliphatic carbocycles. The van der Waals surface area contributed by atoms with Gasteiger partial charge in [0, 0.05) is 28.9 Å². The second-order valence-corrected chi connectivity index (χ2v) is 12.4. The third-order valence-corrected chi connectivity index (χ3v) is 8.89. The van der Waals surface area contributed by atoms with Crippen molar-refractivity contribution in [2.24, 2.45) is 17.3 Å². The molecule has 1 saturated carbocycles. The zero-order valence-electron chi connectivity index (χ0n) is 24.2. The first-order valence-electron chi connectivity index (χ1n) is 14.6. The summed E-state index contributed by atoms with van der Waals surface area (Å²) in [6.45, 7) is 12.3. The average molecular weight is 513 g/mol. The largest absolute Gasteiger partial charge is 0.294 e. The number of carbonyl (C=O) groups is 3. The highest BCUT2D eigenvalue weighted by atomic mass is 16.2. The van der Waals surface area contributed by atoms with Crippen LogP contribution in [0.15, 0.2) is 42.5 Å². The van der Waals surface area contributed by atoms with Gasteiger partial charge < -0.3 is 0 Å². The number of allylic oxidation sites excluding steroid dienone is 2. The van der Waals surface area contributed by atoms with E-state index < -0.39 is 5.78 Å². The van der Waals surface area contributed by atoms with E-state index >= 15 is 0 Å². The Morgan fingerprint density at radius 2 is 1.66 bits per heavy atom. The van der Waals surface area contributed by atoms with Crippen LogP contribution in [0.5, 0.6) is 0 Å². The van der Waals surface area contributed by atoms with Gasteiger partial charge in [-0.1, -0.05) is 83.0 Å². The zero-order chi connectivity index (χ0) is 27.6. The van der Waals surface area contributed by atoms with Crippen LogP contribution in [0.3, 0.4) is 0 Å². The highest BCUT2D eigenvalue weighted by Gasteiger charge is 2.37. The minimum absolute atomic E-state index is 0.0118. The molecule has 0 saturated heterocycles. The number of hydrogen-bond donors (Lipinski definition) is 0. The number of Topliss-reactive ketones (excluding diaryl/α,β-unsaturated/α-hetero) is 3. The summed E-state index contributed by atoms with van der Waals surface area (Å²) in [4.78, 5) is 39.8. The first-order chi connectivity index (χ1) is 18.1. The molecule has 0 N–H and O–H groups in total. The molecule has 0 aliphatic heterocycles. The second-order valence-electron chi connectivity index (χ2n) is 12.4. The van der Waals surface area contributed by atoms with Crippen molar-refractivity contribution in [1.82, 2.24) is 0 Å². The number of hydrogen-bond acceptors (Lipinski definition) is 3. The lowest BCUT2D eigenvalue weighted by atomic mass is 9.67. The number of fused-ring (bicyclic) bond motifs is 1. The molecule has 0 radical (unpaired) electrons. The van der Waals surface area contributed by atoms with Gasteiger partial charge in [-0.25, -0.2) is 0 Å². The highest BCUT2D eigenvalue weighted by Crippen LogP contribution is 2.44. The molecule has 0 amide bonds. The van der Waals surface area contributed by atoms with Gasteiger partial charge >= 0.3 is 0 Å². The lowest BCUT2D eigenvalue weighted by Crippen LogP contribution is -2.30. The fourth-order valence-electron chi connectivity index (χ4n) is 6.42. The molecule has 2 aromatic carbocycles. The van der Waals surface area contributed by atoms with Crippen LogP contribution >= 0.6 is 0 Å². The molecule has 0 aromatic heterocycles. The summed E-state index contributed by atoms with van der Waals surface area (Å²) in [6.07, 6.45) is 9.60. The van der Waals surface area contributed by atoms with Crippen molar-refractivity contribution in [2.45, 2.75) is 98.8 Å². The molecule has 0 heterocycles. The predicted molar refractivity (Wildman–Crippen MR) is 156 cm³/mol. The Balaban J connectivity index is 1.58. The summed E-state index contributed by atoms with van der Waals surface area (Å²) in [5.74, 6) is -0.760. The van der Waals surface area contributed by atoms with Crippen LogP contribution in [0.4, 0.5) is 0 Å². The Bertz CT molecular complexity index is 1240. The Hall–Kier alpha value is -2.81. The second kappa shape index (κ2) is 11.5. The summed E-state index contributed by atoms with van der Waals surface area (Å²) < 4.78 is 0. The Labute approximate surface area is 229 Å². The van der Waals surface area contributed by atoms with Crippen LogP contribution in [0.2, 0.25) is 0 Å². The van der Waals surface area contributed by atoms with Crippen molar-refractivity contribution in [3.63, 3.8) is 0 Å². The molecule has 1 unspecified atom stereocenters. The lowest BCUT2D eigenvalue weighted by Gasteiger charge is -2.37. The van der Waals surface area contributed by atoms with E-state index in [0.717, 1.165) is 73.6 Å². The van der Waals surface area contributed by atoms with Gasteiger partial charge in [-0.15, -0.1) is 0 Å². The molecule has 0 bridgehead atoms. The van der Waals surface area contributed by atoms with Crippen LogP contribution in [-0.2, 0) is 22.4 Å². The molecule has 3 heteroatoms. The van der Waals surface area contributed by atoms with Crippen LogP contribution in [0.1, 0.15) is 117 Å². The van der Waals surface area contributed by atoms with Crippen molar-refractivity contribution in [1.29, 1.82) is 0 Å². The van der Waals surface area contributed by atoms with Crippen LogP contribution in [0, 0.1) is 24.2 Å². The SMILES string of the molecule is CCCC1C=C(C(=O)C(=O)C(C)C)c2cc(C(=O)C3CCC(C)(Cc4ccc(C)cc4)CC3)c(CC)cc21. The van der Waals surface area contributed by atoms with Gasteiger partial charge in [-0.2, -0.15) is 0 Å². The van der Waals surface area contributed by atoms with Crippen molar-refractivity contribution in [3.05, 3.63) is 75.9 Å². The van der Waals surface area contributed by atoms with Crippen LogP contribution < -0.4 is 0 Å². The third kappa shape index (κ3) is 5.77. The van der Waals surface area contributed by atoms with Crippen molar-refractivity contribution >= 4 is 22.9 Å². The van der Waals surface area contributed by atoms with E-state index in [9.17, 15) is 14.4 Å². The monoisotopic (exact) mass is 512 g/mol. The molecule has 2 aliphatic rings. The summed E-state index contributed by atoms with van der Waals surface area (Å²) in [5.41, 5.74) is 7.11. The van der Waals surface area contributed by atoms with Gasteiger partial charge in [0.15, 0.2) is 5.78 Å². The maximum Gasteiger partial charge on any atom is 0.229 e.